The van der Waals surface area contributed by atoms with E-state index in [1.165, 1.54) is 33.5 Å². The minimum absolute atomic E-state index is 0.0156. The SMILES string of the molecule is C=C(C)c1cn(-c2ccc(F)c(C)c2)c(=O)c2cc(F)c(-n3nc(COCc4ccccc4)n(CC)c3=O)nc12. The van der Waals surface area contributed by atoms with E-state index >= 15 is 4.39 Å². The highest BCUT2D eigenvalue weighted by molar-refractivity contribution is 5.90. The van der Waals surface area contributed by atoms with E-state index in [0.29, 0.717) is 34.8 Å². The summed E-state index contributed by atoms with van der Waals surface area (Å²) in [7, 11) is 0. The van der Waals surface area contributed by atoms with E-state index in [1.807, 2.05) is 30.3 Å². The average Bonchev–Trinajstić information content (AvgIpc) is 3.25. The van der Waals surface area contributed by atoms with E-state index in [1.54, 1.807) is 20.8 Å². The molecule has 3 heterocycles. The fourth-order valence-corrected chi connectivity index (χ4v) is 4.49. The van der Waals surface area contributed by atoms with Crippen LogP contribution in [-0.2, 0) is 24.5 Å². The van der Waals surface area contributed by atoms with Gasteiger partial charge in [-0.3, -0.25) is 13.9 Å². The van der Waals surface area contributed by atoms with Gasteiger partial charge in [-0.05, 0) is 61.7 Å². The van der Waals surface area contributed by atoms with Crippen molar-refractivity contribution in [2.75, 3.05) is 0 Å². The van der Waals surface area contributed by atoms with Crippen LogP contribution in [0.3, 0.4) is 0 Å². The minimum atomic E-state index is -0.898. The van der Waals surface area contributed by atoms with Gasteiger partial charge >= 0.3 is 5.69 Å². The Hall–Kier alpha value is -4.70. The average molecular weight is 544 g/mol. The van der Waals surface area contributed by atoms with E-state index < -0.39 is 22.9 Å². The van der Waals surface area contributed by atoms with Crippen LogP contribution in [0, 0.1) is 18.6 Å². The van der Waals surface area contributed by atoms with Crippen molar-refractivity contribution in [3.63, 3.8) is 0 Å². The number of fused-ring (bicyclic) bond motifs is 1. The molecule has 204 valence electrons. The third-order valence-electron chi connectivity index (χ3n) is 6.60. The number of pyridine rings is 2. The third-order valence-corrected chi connectivity index (χ3v) is 6.60. The maximum atomic E-state index is 15.5. The van der Waals surface area contributed by atoms with Crippen molar-refractivity contribution in [1.29, 1.82) is 0 Å². The monoisotopic (exact) mass is 543 g/mol. The molecule has 0 aliphatic heterocycles. The zero-order chi connectivity index (χ0) is 28.6. The lowest BCUT2D eigenvalue weighted by Gasteiger charge is -2.14. The van der Waals surface area contributed by atoms with Crippen molar-refractivity contribution in [3.8, 4) is 11.5 Å². The molecule has 0 bridgehead atoms. The largest absolute Gasteiger partial charge is 0.369 e. The van der Waals surface area contributed by atoms with Gasteiger partial charge < -0.3 is 4.74 Å². The molecule has 0 saturated heterocycles. The van der Waals surface area contributed by atoms with Crippen molar-refractivity contribution in [2.45, 2.75) is 40.5 Å². The second-order valence-electron chi connectivity index (χ2n) is 9.45. The minimum Gasteiger partial charge on any atom is -0.369 e. The standard InChI is InChI=1S/C30H27F2N5O3/c1-5-35-26(17-40-16-20-9-7-6-8-10-20)34-37(30(35)39)28-25(32)14-22-27(33-28)23(18(2)3)15-36(29(22)38)21-11-12-24(31)19(4)13-21/h6-15H,2,5,16-17H2,1,3-4H3. The Morgan fingerprint density at radius 3 is 2.45 bits per heavy atom. The van der Waals surface area contributed by atoms with Gasteiger partial charge in [0.25, 0.3) is 5.56 Å². The highest BCUT2D eigenvalue weighted by Gasteiger charge is 2.21. The maximum absolute atomic E-state index is 15.5. The number of aryl methyl sites for hydroxylation is 1. The number of rotatable bonds is 8. The molecule has 0 fully saturated rings. The van der Waals surface area contributed by atoms with E-state index in [2.05, 4.69) is 16.7 Å². The molecule has 0 aliphatic carbocycles. The third kappa shape index (κ3) is 4.89. The number of benzene rings is 2. The lowest BCUT2D eigenvalue weighted by Crippen LogP contribution is -2.26. The Balaban J connectivity index is 1.60. The summed E-state index contributed by atoms with van der Waals surface area (Å²) < 4.78 is 38.7. The van der Waals surface area contributed by atoms with E-state index in [0.717, 1.165) is 16.3 Å². The molecule has 0 amide bonds. The first-order valence-electron chi connectivity index (χ1n) is 12.7. The fraction of sp³-hybridized carbons (Fsp3) is 0.200. The van der Waals surface area contributed by atoms with E-state index in [-0.39, 0.29) is 29.9 Å². The molecular weight excluding hydrogens is 516 g/mol. The van der Waals surface area contributed by atoms with Gasteiger partial charge in [-0.2, -0.15) is 4.68 Å². The number of allylic oxidation sites excluding steroid dienone is 1. The van der Waals surface area contributed by atoms with Crippen LogP contribution in [0.15, 0.2) is 77.0 Å². The molecule has 10 heteroatoms. The van der Waals surface area contributed by atoms with Crippen molar-refractivity contribution in [1.82, 2.24) is 23.9 Å². The number of ether oxygens (including phenoxy) is 1. The van der Waals surface area contributed by atoms with Crippen LogP contribution in [0.5, 0.6) is 0 Å². The van der Waals surface area contributed by atoms with Gasteiger partial charge in [0.15, 0.2) is 17.5 Å². The number of hydrogen-bond acceptors (Lipinski definition) is 5. The first-order chi connectivity index (χ1) is 19.2. The molecule has 5 rings (SSSR count). The summed E-state index contributed by atoms with van der Waals surface area (Å²) in [5.74, 6) is -1.33. The quantitative estimate of drug-likeness (QED) is 0.272. The van der Waals surface area contributed by atoms with Crippen molar-refractivity contribution in [3.05, 3.63) is 122 Å². The number of nitrogens with zero attached hydrogens (tertiary/aromatic N) is 5. The van der Waals surface area contributed by atoms with Crippen LogP contribution in [0.25, 0.3) is 28.0 Å². The smallest absolute Gasteiger partial charge is 0.352 e. The summed E-state index contributed by atoms with van der Waals surface area (Å²) >= 11 is 0. The highest BCUT2D eigenvalue weighted by Crippen LogP contribution is 2.25. The van der Waals surface area contributed by atoms with Crippen LogP contribution >= 0.6 is 0 Å². The summed E-state index contributed by atoms with van der Waals surface area (Å²) in [4.78, 5) is 31.1. The van der Waals surface area contributed by atoms with Gasteiger partial charge in [-0.25, -0.2) is 18.6 Å². The lowest BCUT2D eigenvalue weighted by atomic mass is 10.1. The van der Waals surface area contributed by atoms with Crippen LogP contribution < -0.4 is 11.2 Å². The molecule has 0 spiro atoms. The zero-order valence-electron chi connectivity index (χ0n) is 22.3. The van der Waals surface area contributed by atoms with Gasteiger partial charge in [0.2, 0.25) is 0 Å². The Kier molecular flexibility index (Phi) is 7.27. The normalized spacial score (nSPS) is 11.3. The highest BCUT2D eigenvalue weighted by atomic mass is 19.1. The van der Waals surface area contributed by atoms with Crippen LogP contribution in [-0.4, -0.2) is 23.9 Å². The first-order valence-corrected chi connectivity index (χ1v) is 12.7. The summed E-state index contributed by atoms with van der Waals surface area (Å²) in [6.45, 7) is 9.71. The van der Waals surface area contributed by atoms with Crippen molar-refractivity contribution in [2.24, 2.45) is 0 Å². The predicted octanol–water partition coefficient (Wildman–Crippen LogP) is 5.09. The van der Waals surface area contributed by atoms with Gasteiger partial charge in [-0.15, -0.1) is 5.10 Å². The number of halogens is 2. The molecule has 0 unspecified atom stereocenters. The van der Waals surface area contributed by atoms with Crippen LogP contribution in [0.1, 0.15) is 36.4 Å². The first kappa shape index (κ1) is 26.9. The molecule has 2 aromatic carbocycles. The van der Waals surface area contributed by atoms with Crippen LogP contribution in [0.4, 0.5) is 8.78 Å². The Labute approximate surface area is 228 Å². The molecule has 0 aliphatic rings. The van der Waals surface area contributed by atoms with Crippen molar-refractivity contribution < 1.29 is 13.5 Å². The summed E-state index contributed by atoms with van der Waals surface area (Å²) in [6, 6.07) is 14.9. The molecule has 3 aromatic heterocycles. The Bertz CT molecular complexity index is 1870. The molecule has 8 nitrogen and oxygen atoms in total. The summed E-state index contributed by atoms with van der Waals surface area (Å²) in [6.07, 6.45) is 1.53. The summed E-state index contributed by atoms with van der Waals surface area (Å²) in [5.41, 5.74) is 1.79. The number of hydrogen-bond donors (Lipinski definition) is 0. The van der Waals surface area contributed by atoms with Gasteiger partial charge in [0.1, 0.15) is 12.4 Å². The predicted molar refractivity (Wildman–Crippen MR) is 149 cm³/mol. The summed E-state index contributed by atoms with van der Waals surface area (Å²) in [5, 5.41) is 4.31. The Morgan fingerprint density at radius 1 is 1.02 bits per heavy atom. The molecule has 0 radical (unpaired) electrons. The van der Waals surface area contributed by atoms with Gasteiger partial charge in [0.05, 0.1) is 17.5 Å². The molecule has 5 aromatic rings. The second-order valence-corrected chi connectivity index (χ2v) is 9.45. The zero-order valence-corrected chi connectivity index (χ0v) is 22.3. The fourth-order valence-electron chi connectivity index (χ4n) is 4.49. The Morgan fingerprint density at radius 2 is 1.77 bits per heavy atom. The molecule has 40 heavy (non-hydrogen) atoms. The van der Waals surface area contributed by atoms with E-state index in [4.69, 9.17) is 4.74 Å². The molecule has 0 saturated carbocycles. The van der Waals surface area contributed by atoms with Crippen molar-refractivity contribution >= 4 is 16.5 Å². The second kappa shape index (κ2) is 10.8. The molecular formula is C30H27F2N5O3. The maximum Gasteiger partial charge on any atom is 0.352 e. The number of aromatic nitrogens is 5. The lowest BCUT2D eigenvalue weighted by molar-refractivity contribution is 0.0989. The molecule has 0 atom stereocenters. The van der Waals surface area contributed by atoms with E-state index in [9.17, 15) is 14.0 Å². The van der Waals surface area contributed by atoms with Gasteiger partial charge in [0, 0.05) is 24.0 Å². The molecule has 0 N–H and O–H groups in total. The van der Waals surface area contributed by atoms with Crippen LogP contribution in [0.2, 0.25) is 0 Å². The topological polar surface area (TPSA) is 83.9 Å². The van der Waals surface area contributed by atoms with Gasteiger partial charge in [-0.1, -0.05) is 36.9 Å².